The molecule has 0 saturated carbocycles. The van der Waals surface area contributed by atoms with E-state index in [2.05, 4.69) is 21.2 Å². The highest BCUT2D eigenvalue weighted by Gasteiger charge is 2.19. The number of amides is 2. The van der Waals surface area contributed by atoms with Gasteiger partial charge in [0.25, 0.3) is 5.69 Å². The second kappa shape index (κ2) is 4.71. The lowest BCUT2D eigenvalue weighted by Crippen LogP contribution is -2.12. The number of halogens is 1. The third-order valence-electron chi connectivity index (χ3n) is 1.75. The molecule has 0 bridgehead atoms. The van der Waals surface area contributed by atoms with Crippen LogP contribution < -0.4 is 11.1 Å². The molecular formula is C8H6BrN3O4. The van der Waals surface area contributed by atoms with E-state index in [0.717, 1.165) is 6.07 Å². The van der Waals surface area contributed by atoms with Gasteiger partial charge in [-0.05, 0) is 22.0 Å². The molecule has 0 saturated heterocycles. The normalized spacial score (nSPS) is 9.56. The number of carbonyl (C=O) groups excluding carboxylic acids is 2. The standard InChI is InChI=1S/C8H6BrN3O4/c9-5-1-4(8(10)14)2-6(12(15)16)7(5)11-3-13/h1-3H,(H2,10,14)(H,11,13). The van der Waals surface area contributed by atoms with Crippen molar-refractivity contribution in [1.29, 1.82) is 0 Å². The molecule has 0 aliphatic carbocycles. The van der Waals surface area contributed by atoms with Crippen LogP contribution in [0.4, 0.5) is 11.4 Å². The first-order valence-electron chi connectivity index (χ1n) is 3.95. The van der Waals surface area contributed by atoms with Gasteiger partial charge >= 0.3 is 0 Å². The number of nitrogens with one attached hydrogen (secondary N) is 1. The number of carbonyl (C=O) groups is 2. The first-order valence-corrected chi connectivity index (χ1v) is 4.74. The van der Waals surface area contributed by atoms with Gasteiger partial charge in [-0.25, -0.2) is 0 Å². The summed E-state index contributed by atoms with van der Waals surface area (Å²) in [4.78, 5) is 31.1. The van der Waals surface area contributed by atoms with Gasteiger partial charge in [-0.1, -0.05) is 0 Å². The number of nitrogens with zero attached hydrogens (tertiary/aromatic N) is 1. The number of anilines is 1. The van der Waals surface area contributed by atoms with Crippen LogP contribution in [0.3, 0.4) is 0 Å². The quantitative estimate of drug-likeness (QED) is 0.489. The molecule has 0 fully saturated rings. The molecule has 1 aromatic rings. The zero-order valence-electron chi connectivity index (χ0n) is 7.77. The Balaban J connectivity index is 3.44. The first-order chi connectivity index (χ1) is 7.47. The number of primary amides is 1. The summed E-state index contributed by atoms with van der Waals surface area (Å²) >= 11 is 3.00. The largest absolute Gasteiger partial charge is 0.366 e. The number of hydrogen-bond acceptors (Lipinski definition) is 4. The molecule has 1 aromatic carbocycles. The van der Waals surface area contributed by atoms with E-state index in [1.54, 1.807) is 0 Å². The number of nitro benzene ring substituents is 1. The van der Waals surface area contributed by atoms with Crippen molar-refractivity contribution < 1.29 is 14.5 Å². The summed E-state index contributed by atoms with van der Waals surface area (Å²) in [5.41, 5.74) is 4.55. The van der Waals surface area contributed by atoms with E-state index in [9.17, 15) is 19.7 Å². The Hall–Kier alpha value is -1.96. The van der Waals surface area contributed by atoms with Gasteiger partial charge in [0.1, 0.15) is 5.69 Å². The van der Waals surface area contributed by atoms with E-state index in [4.69, 9.17) is 5.73 Å². The van der Waals surface area contributed by atoms with Crippen LogP contribution in [0.2, 0.25) is 0 Å². The lowest BCUT2D eigenvalue weighted by Gasteiger charge is -2.05. The van der Waals surface area contributed by atoms with Crippen molar-refractivity contribution in [2.45, 2.75) is 0 Å². The van der Waals surface area contributed by atoms with Crippen LogP contribution in [-0.2, 0) is 4.79 Å². The Morgan fingerprint density at radius 2 is 2.19 bits per heavy atom. The lowest BCUT2D eigenvalue weighted by molar-refractivity contribution is -0.384. The van der Waals surface area contributed by atoms with Crippen molar-refractivity contribution in [3.8, 4) is 0 Å². The molecule has 2 amide bonds. The van der Waals surface area contributed by atoms with E-state index in [1.165, 1.54) is 6.07 Å². The van der Waals surface area contributed by atoms with Crippen LogP contribution >= 0.6 is 15.9 Å². The van der Waals surface area contributed by atoms with Gasteiger partial charge < -0.3 is 11.1 Å². The molecule has 0 atom stereocenters. The molecule has 3 N–H and O–H groups in total. The predicted octanol–water partition coefficient (Wildman–Crippen LogP) is 1.02. The molecule has 0 aliphatic rings. The molecule has 16 heavy (non-hydrogen) atoms. The fourth-order valence-corrected chi connectivity index (χ4v) is 1.64. The lowest BCUT2D eigenvalue weighted by atomic mass is 10.1. The Labute approximate surface area is 97.9 Å². The number of rotatable bonds is 4. The molecule has 0 aliphatic heterocycles. The predicted molar refractivity (Wildman–Crippen MR) is 59.0 cm³/mol. The maximum absolute atomic E-state index is 10.9. The minimum absolute atomic E-state index is 0.0185. The summed E-state index contributed by atoms with van der Waals surface area (Å²) in [6, 6.07) is 2.29. The van der Waals surface area contributed by atoms with Crippen LogP contribution in [0.1, 0.15) is 10.4 Å². The molecule has 8 heteroatoms. The van der Waals surface area contributed by atoms with Crippen LogP contribution in [0, 0.1) is 10.1 Å². The summed E-state index contributed by atoms with van der Waals surface area (Å²) in [5, 5.41) is 12.9. The summed E-state index contributed by atoms with van der Waals surface area (Å²) in [5.74, 6) is -0.790. The van der Waals surface area contributed by atoms with Gasteiger partial charge in [-0.3, -0.25) is 19.7 Å². The third kappa shape index (κ3) is 2.34. The monoisotopic (exact) mass is 287 g/mol. The maximum atomic E-state index is 10.9. The fraction of sp³-hybridized carbons (Fsp3) is 0. The Morgan fingerprint density at radius 1 is 1.56 bits per heavy atom. The van der Waals surface area contributed by atoms with E-state index < -0.39 is 16.5 Å². The number of nitro groups is 1. The molecule has 84 valence electrons. The zero-order chi connectivity index (χ0) is 12.3. The van der Waals surface area contributed by atoms with Gasteiger partial charge in [0.05, 0.1) is 4.92 Å². The van der Waals surface area contributed by atoms with Crippen molar-refractivity contribution in [2.75, 3.05) is 5.32 Å². The van der Waals surface area contributed by atoms with Gasteiger partial charge in [-0.15, -0.1) is 0 Å². The summed E-state index contributed by atoms with van der Waals surface area (Å²) in [6.07, 6.45) is 0.303. The van der Waals surface area contributed by atoms with E-state index >= 15 is 0 Å². The Morgan fingerprint density at radius 3 is 2.62 bits per heavy atom. The summed E-state index contributed by atoms with van der Waals surface area (Å²) in [7, 11) is 0. The summed E-state index contributed by atoms with van der Waals surface area (Å²) < 4.78 is 0.211. The van der Waals surface area contributed by atoms with Crippen LogP contribution in [0.25, 0.3) is 0 Å². The topological polar surface area (TPSA) is 115 Å². The van der Waals surface area contributed by atoms with Gasteiger partial charge in [0.15, 0.2) is 0 Å². The second-order valence-corrected chi connectivity index (χ2v) is 3.59. The first kappa shape index (κ1) is 12.1. The smallest absolute Gasteiger partial charge is 0.294 e. The molecular weight excluding hydrogens is 282 g/mol. The number of benzene rings is 1. The molecule has 7 nitrogen and oxygen atoms in total. The van der Waals surface area contributed by atoms with Crippen molar-refractivity contribution in [3.63, 3.8) is 0 Å². The average Bonchev–Trinajstić information content (AvgIpc) is 2.20. The van der Waals surface area contributed by atoms with Gasteiger partial charge in [0.2, 0.25) is 12.3 Å². The Bertz CT molecular complexity index is 475. The van der Waals surface area contributed by atoms with E-state index in [-0.39, 0.29) is 15.7 Å². The molecule has 0 unspecified atom stereocenters. The van der Waals surface area contributed by atoms with Crippen LogP contribution in [-0.4, -0.2) is 17.2 Å². The van der Waals surface area contributed by atoms with Gasteiger partial charge in [-0.2, -0.15) is 0 Å². The highest BCUT2D eigenvalue weighted by molar-refractivity contribution is 9.10. The minimum Gasteiger partial charge on any atom is -0.366 e. The van der Waals surface area contributed by atoms with Crippen molar-refractivity contribution in [1.82, 2.24) is 0 Å². The second-order valence-electron chi connectivity index (χ2n) is 2.74. The van der Waals surface area contributed by atoms with Crippen LogP contribution in [0.15, 0.2) is 16.6 Å². The Kier molecular flexibility index (Phi) is 3.56. The van der Waals surface area contributed by atoms with Crippen molar-refractivity contribution in [3.05, 3.63) is 32.3 Å². The molecule has 1 rings (SSSR count). The SMILES string of the molecule is NC(=O)c1cc(Br)c(NC=O)c([N+](=O)[O-])c1. The molecule has 0 spiro atoms. The number of nitrogens with two attached hydrogens (primary N) is 1. The fourth-order valence-electron chi connectivity index (χ4n) is 1.08. The van der Waals surface area contributed by atoms with Gasteiger partial charge in [0, 0.05) is 16.1 Å². The highest BCUT2D eigenvalue weighted by atomic mass is 79.9. The van der Waals surface area contributed by atoms with E-state index in [1.807, 2.05) is 0 Å². The summed E-state index contributed by atoms with van der Waals surface area (Å²) in [6.45, 7) is 0. The average molecular weight is 288 g/mol. The molecule has 0 heterocycles. The maximum Gasteiger partial charge on any atom is 0.294 e. The highest BCUT2D eigenvalue weighted by Crippen LogP contribution is 2.33. The molecule has 0 radical (unpaired) electrons. The zero-order valence-corrected chi connectivity index (χ0v) is 9.35. The third-order valence-corrected chi connectivity index (χ3v) is 2.38. The minimum atomic E-state index is -0.790. The van der Waals surface area contributed by atoms with Crippen molar-refractivity contribution >= 4 is 39.6 Å². The van der Waals surface area contributed by atoms with E-state index in [0.29, 0.717) is 6.41 Å². The number of hydrogen-bond donors (Lipinski definition) is 2. The van der Waals surface area contributed by atoms with Crippen molar-refractivity contribution in [2.24, 2.45) is 5.73 Å². The van der Waals surface area contributed by atoms with Crippen LogP contribution in [0.5, 0.6) is 0 Å². The molecule has 0 aromatic heterocycles.